The van der Waals surface area contributed by atoms with Gasteiger partial charge in [-0.3, -0.25) is 9.59 Å². The summed E-state index contributed by atoms with van der Waals surface area (Å²) in [6.07, 6.45) is 15.3. The van der Waals surface area contributed by atoms with E-state index in [1.807, 2.05) is 0 Å². The largest absolute Gasteiger partial charge is 0.290 e. The van der Waals surface area contributed by atoms with Crippen LogP contribution < -0.4 is 0 Å². The summed E-state index contributed by atoms with van der Waals surface area (Å²) in [5, 5.41) is 0. The second-order valence-corrected chi connectivity index (χ2v) is 9.09. The summed E-state index contributed by atoms with van der Waals surface area (Å²) >= 11 is 0. The smallest absolute Gasteiger partial charge is 0.185 e. The molecule has 1 aliphatic carbocycles. The van der Waals surface area contributed by atoms with Gasteiger partial charge in [0.05, 0.1) is 0 Å². The molecule has 1 atom stereocenters. The van der Waals surface area contributed by atoms with E-state index >= 15 is 0 Å². The Bertz CT molecular complexity index is 830. The number of carbonyl (C=O) groups is 2. The van der Waals surface area contributed by atoms with Crippen LogP contribution in [0.15, 0.2) is 69.4 Å². The molecule has 0 saturated carbocycles. The van der Waals surface area contributed by atoms with Gasteiger partial charge in [-0.05, 0) is 93.6 Å². The first-order valence-corrected chi connectivity index (χ1v) is 11.1. The summed E-state index contributed by atoms with van der Waals surface area (Å²) in [6, 6.07) is 0. The van der Waals surface area contributed by atoms with Crippen LogP contribution in [0.3, 0.4) is 0 Å². The highest BCUT2D eigenvalue weighted by Crippen LogP contribution is 2.29. The molecule has 1 rings (SSSR count). The molecule has 0 aromatic rings. The van der Waals surface area contributed by atoms with Gasteiger partial charge in [0.2, 0.25) is 0 Å². The van der Waals surface area contributed by atoms with Gasteiger partial charge in [0, 0.05) is 22.6 Å². The van der Waals surface area contributed by atoms with E-state index < -0.39 is 0 Å². The second kappa shape index (κ2) is 12.5. The number of carbonyl (C=O) groups excluding carboxylic acids is 2. The lowest BCUT2D eigenvalue weighted by Gasteiger charge is -2.21. The predicted molar refractivity (Wildman–Crippen MR) is 129 cm³/mol. The molecular weight excluding hydrogens is 368 g/mol. The molecule has 2 heteroatoms. The van der Waals surface area contributed by atoms with E-state index in [1.54, 1.807) is 19.9 Å². The summed E-state index contributed by atoms with van der Waals surface area (Å²) in [5.74, 6) is -0.0809. The third-order valence-electron chi connectivity index (χ3n) is 5.61. The fraction of sp³-hybridized carbons (Fsp3) is 0.500. The predicted octanol–water partition coefficient (Wildman–Crippen LogP) is 7.79. The van der Waals surface area contributed by atoms with Crippen LogP contribution in [0, 0.1) is 5.92 Å². The van der Waals surface area contributed by atoms with Crippen molar-refractivity contribution in [2.24, 2.45) is 5.92 Å². The van der Waals surface area contributed by atoms with Crippen LogP contribution in [0.2, 0.25) is 0 Å². The number of ketones is 2. The van der Waals surface area contributed by atoms with Gasteiger partial charge in [-0.2, -0.15) is 0 Å². The van der Waals surface area contributed by atoms with Crippen LogP contribution in [0.4, 0.5) is 0 Å². The van der Waals surface area contributed by atoms with Gasteiger partial charge in [0.1, 0.15) is 0 Å². The zero-order chi connectivity index (χ0) is 22.8. The minimum Gasteiger partial charge on any atom is -0.290 e. The average Bonchev–Trinajstić information content (AvgIpc) is 2.65. The summed E-state index contributed by atoms with van der Waals surface area (Å²) in [7, 11) is 0. The van der Waals surface area contributed by atoms with Gasteiger partial charge < -0.3 is 0 Å². The molecule has 0 aromatic carbocycles. The number of allylic oxidation sites excluding steroid dienone is 12. The van der Waals surface area contributed by atoms with Crippen molar-refractivity contribution in [1.29, 1.82) is 0 Å². The van der Waals surface area contributed by atoms with Crippen molar-refractivity contribution >= 4 is 11.6 Å². The van der Waals surface area contributed by atoms with E-state index in [4.69, 9.17) is 0 Å². The van der Waals surface area contributed by atoms with E-state index in [9.17, 15) is 9.59 Å². The molecular formula is C28H40O2. The fourth-order valence-corrected chi connectivity index (χ4v) is 3.48. The van der Waals surface area contributed by atoms with E-state index in [0.717, 1.165) is 32.1 Å². The summed E-state index contributed by atoms with van der Waals surface area (Å²) in [5.41, 5.74) is 7.04. The van der Waals surface area contributed by atoms with Crippen LogP contribution in [-0.2, 0) is 9.59 Å². The molecule has 0 spiro atoms. The average molecular weight is 409 g/mol. The highest BCUT2D eigenvalue weighted by Gasteiger charge is 2.27. The molecule has 1 aliphatic rings. The monoisotopic (exact) mass is 408 g/mol. The topological polar surface area (TPSA) is 34.1 Å². The van der Waals surface area contributed by atoms with Crippen molar-refractivity contribution in [1.82, 2.24) is 0 Å². The van der Waals surface area contributed by atoms with E-state index in [1.165, 1.54) is 22.3 Å². The van der Waals surface area contributed by atoms with Gasteiger partial charge in [0.15, 0.2) is 11.6 Å². The molecule has 0 heterocycles. The Kier molecular flexibility index (Phi) is 10.7. The lowest BCUT2D eigenvalue weighted by molar-refractivity contribution is -0.116. The van der Waals surface area contributed by atoms with E-state index in [0.29, 0.717) is 16.7 Å². The highest BCUT2D eigenvalue weighted by atomic mass is 16.1. The van der Waals surface area contributed by atoms with Crippen LogP contribution in [0.5, 0.6) is 0 Å². The molecule has 1 unspecified atom stereocenters. The third kappa shape index (κ3) is 8.65. The molecule has 0 fully saturated rings. The van der Waals surface area contributed by atoms with Crippen LogP contribution in [0.1, 0.15) is 87.5 Å². The SMILES string of the molecule is CC(C)=CCC/C(C)=C/CC(/C=C(\C)CCC=C(C)C)C1=CC(=O)C(C)=C(C)C1=O. The van der Waals surface area contributed by atoms with E-state index in [-0.39, 0.29) is 17.5 Å². The third-order valence-corrected chi connectivity index (χ3v) is 5.61. The van der Waals surface area contributed by atoms with Crippen LogP contribution in [0.25, 0.3) is 0 Å². The zero-order valence-corrected chi connectivity index (χ0v) is 20.3. The molecule has 164 valence electrons. The quantitative estimate of drug-likeness (QED) is 0.273. The maximum absolute atomic E-state index is 13.0. The van der Waals surface area contributed by atoms with Crippen molar-refractivity contribution in [3.05, 3.63) is 69.4 Å². The van der Waals surface area contributed by atoms with Gasteiger partial charge >= 0.3 is 0 Å². The first-order valence-electron chi connectivity index (χ1n) is 11.1. The minimum absolute atomic E-state index is 0.0149. The minimum atomic E-state index is -0.0605. The normalized spacial score (nSPS) is 16.5. The second-order valence-electron chi connectivity index (χ2n) is 9.09. The van der Waals surface area contributed by atoms with Gasteiger partial charge in [-0.15, -0.1) is 0 Å². The molecule has 0 bridgehead atoms. The molecule has 2 nitrogen and oxygen atoms in total. The Balaban J connectivity index is 3.09. The summed E-state index contributed by atoms with van der Waals surface area (Å²) < 4.78 is 0. The zero-order valence-electron chi connectivity index (χ0n) is 20.3. The lowest BCUT2D eigenvalue weighted by atomic mass is 9.81. The maximum Gasteiger partial charge on any atom is 0.185 e. The Morgan fingerprint density at radius 2 is 1.33 bits per heavy atom. The summed E-state index contributed by atoms with van der Waals surface area (Å²) in [6.45, 7) is 16.2. The number of hydrogen-bond donors (Lipinski definition) is 0. The maximum atomic E-state index is 13.0. The van der Waals surface area contributed by atoms with Crippen molar-refractivity contribution in [2.45, 2.75) is 87.5 Å². The number of hydrogen-bond acceptors (Lipinski definition) is 2. The first kappa shape index (κ1) is 25.8. The van der Waals surface area contributed by atoms with Crippen LogP contribution in [-0.4, -0.2) is 11.6 Å². The highest BCUT2D eigenvalue weighted by molar-refractivity contribution is 6.22. The van der Waals surface area contributed by atoms with Crippen molar-refractivity contribution in [3.63, 3.8) is 0 Å². The fourth-order valence-electron chi connectivity index (χ4n) is 3.48. The molecule has 0 saturated heterocycles. The molecule has 0 N–H and O–H groups in total. The van der Waals surface area contributed by atoms with Gasteiger partial charge in [0.25, 0.3) is 0 Å². The Labute approximate surface area is 184 Å². The molecule has 0 aliphatic heterocycles. The lowest BCUT2D eigenvalue weighted by Crippen LogP contribution is -2.21. The first-order chi connectivity index (χ1) is 14.0. The molecule has 0 radical (unpaired) electrons. The Hall–Kier alpha value is -2.22. The van der Waals surface area contributed by atoms with Crippen LogP contribution >= 0.6 is 0 Å². The van der Waals surface area contributed by atoms with Gasteiger partial charge in [-0.1, -0.05) is 46.6 Å². The molecule has 0 aromatic heterocycles. The Morgan fingerprint density at radius 3 is 1.87 bits per heavy atom. The van der Waals surface area contributed by atoms with Crippen molar-refractivity contribution in [3.8, 4) is 0 Å². The Morgan fingerprint density at radius 1 is 0.800 bits per heavy atom. The number of rotatable bonds is 10. The van der Waals surface area contributed by atoms with Gasteiger partial charge in [-0.25, -0.2) is 0 Å². The standard InChI is InChI=1S/C28H40O2/c1-19(2)11-9-13-21(5)15-16-25(17-22(6)14-10-12-20(3)4)26-18-27(29)23(7)24(8)28(26)30/h11-12,15,17-18,25H,9-10,13-14,16H2,1-8H3/b21-15+,22-17+. The molecule has 30 heavy (non-hydrogen) atoms. The van der Waals surface area contributed by atoms with E-state index in [2.05, 4.69) is 65.8 Å². The molecule has 0 amide bonds. The van der Waals surface area contributed by atoms with Crippen molar-refractivity contribution in [2.75, 3.05) is 0 Å². The van der Waals surface area contributed by atoms with Crippen molar-refractivity contribution < 1.29 is 9.59 Å². The summed E-state index contributed by atoms with van der Waals surface area (Å²) in [4.78, 5) is 25.4. The number of Topliss-reactive ketones (excluding diaryl/α,β-unsaturated/α-hetero) is 1.